The molecule has 1 aliphatic heterocycles. The SMILES string of the molecule is C[C@H]1C=CC[C@H]2C(=O)N(c3cccc(C(=O)OCC(=O)C(C)(C)C)c3)C(=O)[C@H]12. The number of ether oxygens (including phenoxy) is 1. The predicted molar refractivity (Wildman–Crippen MR) is 104 cm³/mol. The third kappa shape index (κ3) is 3.63. The van der Waals surface area contributed by atoms with Crippen molar-refractivity contribution in [3.05, 3.63) is 42.0 Å². The van der Waals surface area contributed by atoms with Crippen LogP contribution >= 0.6 is 0 Å². The summed E-state index contributed by atoms with van der Waals surface area (Å²) in [5.41, 5.74) is -0.0496. The number of nitrogens with zero attached hydrogens (tertiary/aromatic N) is 1. The van der Waals surface area contributed by atoms with Crippen molar-refractivity contribution in [3.8, 4) is 0 Å². The molecule has 2 amide bonds. The highest BCUT2D eigenvalue weighted by Gasteiger charge is 2.50. The van der Waals surface area contributed by atoms with Gasteiger partial charge in [-0.15, -0.1) is 0 Å². The summed E-state index contributed by atoms with van der Waals surface area (Å²) in [4.78, 5) is 51.2. The average Bonchev–Trinajstić information content (AvgIpc) is 2.90. The second-order valence-corrected chi connectivity index (χ2v) is 8.47. The average molecular weight is 383 g/mol. The molecule has 28 heavy (non-hydrogen) atoms. The lowest BCUT2D eigenvalue weighted by Crippen LogP contribution is -2.31. The molecule has 0 spiro atoms. The number of rotatable bonds is 4. The molecule has 148 valence electrons. The number of imide groups is 1. The molecule has 2 aliphatic rings. The molecule has 1 aromatic rings. The van der Waals surface area contributed by atoms with Gasteiger partial charge in [0.05, 0.1) is 23.1 Å². The van der Waals surface area contributed by atoms with E-state index in [1.54, 1.807) is 32.9 Å². The van der Waals surface area contributed by atoms with Crippen LogP contribution < -0.4 is 4.90 Å². The Kier molecular flexibility index (Phi) is 5.24. The van der Waals surface area contributed by atoms with Gasteiger partial charge < -0.3 is 4.74 Å². The van der Waals surface area contributed by atoms with Crippen molar-refractivity contribution < 1.29 is 23.9 Å². The molecular weight excluding hydrogens is 358 g/mol. The molecule has 1 fully saturated rings. The zero-order valence-corrected chi connectivity index (χ0v) is 16.6. The number of benzene rings is 1. The second-order valence-electron chi connectivity index (χ2n) is 8.47. The van der Waals surface area contributed by atoms with Crippen LogP contribution in [0.3, 0.4) is 0 Å². The molecule has 1 heterocycles. The van der Waals surface area contributed by atoms with E-state index in [-0.39, 0.29) is 47.5 Å². The number of anilines is 1. The zero-order chi connectivity index (χ0) is 20.6. The Morgan fingerprint density at radius 1 is 1.18 bits per heavy atom. The van der Waals surface area contributed by atoms with Crippen LogP contribution in [-0.4, -0.2) is 30.2 Å². The molecule has 0 radical (unpaired) electrons. The Bertz CT molecular complexity index is 864. The number of hydrogen-bond acceptors (Lipinski definition) is 5. The van der Waals surface area contributed by atoms with Gasteiger partial charge in [-0.25, -0.2) is 4.79 Å². The van der Waals surface area contributed by atoms with Gasteiger partial charge in [-0.1, -0.05) is 45.9 Å². The summed E-state index contributed by atoms with van der Waals surface area (Å²) in [7, 11) is 0. The van der Waals surface area contributed by atoms with E-state index >= 15 is 0 Å². The number of amides is 2. The highest BCUT2D eigenvalue weighted by Crippen LogP contribution is 2.40. The lowest BCUT2D eigenvalue weighted by Gasteiger charge is -2.22. The van der Waals surface area contributed by atoms with Crippen LogP contribution in [-0.2, 0) is 19.1 Å². The van der Waals surface area contributed by atoms with Crippen molar-refractivity contribution in [2.24, 2.45) is 23.2 Å². The van der Waals surface area contributed by atoms with Crippen molar-refractivity contribution in [1.29, 1.82) is 0 Å². The molecule has 0 unspecified atom stereocenters. The Labute approximate surface area is 164 Å². The number of ketones is 1. The predicted octanol–water partition coefficient (Wildman–Crippen LogP) is 3.16. The van der Waals surface area contributed by atoms with Gasteiger partial charge in [0.1, 0.15) is 0 Å². The Morgan fingerprint density at radius 3 is 2.54 bits per heavy atom. The lowest BCUT2D eigenvalue weighted by atomic mass is 9.78. The van der Waals surface area contributed by atoms with E-state index in [1.165, 1.54) is 17.0 Å². The number of carbonyl (C=O) groups excluding carboxylic acids is 4. The van der Waals surface area contributed by atoms with Crippen LogP contribution in [0, 0.1) is 23.2 Å². The van der Waals surface area contributed by atoms with E-state index in [0.29, 0.717) is 12.1 Å². The van der Waals surface area contributed by atoms with Crippen LogP contribution in [0.1, 0.15) is 44.5 Å². The molecule has 0 N–H and O–H groups in total. The minimum atomic E-state index is -0.661. The number of carbonyl (C=O) groups is 4. The number of esters is 1. The summed E-state index contributed by atoms with van der Waals surface area (Å²) in [6, 6.07) is 6.23. The molecule has 6 nitrogen and oxygen atoms in total. The third-order valence-electron chi connectivity index (χ3n) is 5.38. The minimum absolute atomic E-state index is 0.00300. The van der Waals surface area contributed by atoms with Gasteiger partial charge in [0.15, 0.2) is 12.4 Å². The quantitative estimate of drug-likeness (QED) is 0.453. The van der Waals surface area contributed by atoms with Crippen LogP contribution in [0.15, 0.2) is 36.4 Å². The van der Waals surface area contributed by atoms with Gasteiger partial charge in [-0.2, -0.15) is 0 Å². The maximum Gasteiger partial charge on any atom is 0.338 e. The van der Waals surface area contributed by atoms with Crippen molar-refractivity contribution in [2.45, 2.75) is 34.1 Å². The highest BCUT2D eigenvalue weighted by molar-refractivity contribution is 6.22. The molecule has 0 saturated carbocycles. The fourth-order valence-corrected chi connectivity index (χ4v) is 3.60. The van der Waals surface area contributed by atoms with E-state index < -0.39 is 11.4 Å². The standard InChI is InChI=1S/C22H25NO5/c1-13-7-5-10-16-18(13)20(26)23(19(16)25)15-9-6-8-14(11-15)21(27)28-12-17(24)22(2,3)4/h5-9,11,13,16,18H,10,12H2,1-4H3/t13-,16+,18+/m0/s1. The molecule has 1 aromatic carbocycles. The van der Waals surface area contributed by atoms with Gasteiger partial charge >= 0.3 is 5.97 Å². The smallest absolute Gasteiger partial charge is 0.338 e. The summed E-state index contributed by atoms with van der Waals surface area (Å²) in [5.74, 6) is -2.04. The highest BCUT2D eigenvalue weighted by atomic mass is 16.5. The topological polar surface area (TPSA) is 80.8 Å². The van der Waals surface area contributed by atoms with Crippen LogP contribution in [0.2, 0.25) is 0 Å². The monoisotopic (exact) mass is 383 g/mol. The van der Waals surface area contributed by atoms with Crippen molar-refractivity contribution in [3.63, 3.8) is 0 Å². The van der Waals surface area contributed by atoms with Gasteiger partial charge in [-0.05, 0) is 30.5 Å². The van der Waals surface area contributed by atoms with E-state index in [4.69, 9.17) is 4.74 Å². The van der Waals surface area contributed by atoms with Crippen LogP contribution in [0.25, 0.3) is 0 Å². The van der Waals surface area contributed by atoms with Gasteiger partial charge in [-0.3, -0.25) is 19.3 Å². The first kappa shape index (κ1) is 20.0. The molecule has 0 aromatic heterocycles. The first-order valence-electron chi connectivity index (χ1n) is 9.46. The number of fused-ring (bicyclic) bond motifs is 1. The molecular formula is C22H25NO5. The fraction of sp³-hybridized carbons (Fsp3) is 0.455. The van der Waals surface area contributed by atoms with Crippen LogP contribution in [0.4, 0.5) is 5.69 Å². The number of Topliss-reactive ketones (excluding diaryl/α,β-unsaturated/α-hetero) is 1. The van der Waals surface area contributed by atoms with Crippen molar-refractivity contribution in [2.75, 3.05) is 11.5 Å². The summed E-state index contributed by atoms with van der Waals surface area (Å²) in [6.07, 6.45) is 4.46. The normalized spacial score (nSPS) is 24.3. The Balaban J connectivity index is 1.78. The fourth-order valence-electron chi connectivity index (χ4n) is 3.60. The van der Waals surface area contributed by atoms with E-state index in [9.17, 15) is 19.2 Å². The van der Waals surface area contributed by atoms with E-state index in [2.05, 4.69) is 0 Å². The minimum Gasteiger partial charge on any atom is -0.454 e. The summed E-state index contributed by atoms with van der Waals surface area (Å²) >= 11 is 0. The maximum absolute atomic E-state index is 12.9. The summed E-state index contributed by atoms with van der Waals surface area (Å²) in [5, 5.41) is 0. The molecule has 0 bridgehead atoms. The molecule has 3 rings (SSSR count). The zero-order valence-electron chi connectivity index (χ0n) is 16.6. The van der Waals surface area contributed by atoms with Gasteiger partial charge in [0.25, 0.3) is 0 Å². The first-order chi connectivity index (χ1) is 13.1. The van der Waals surface area contributed by atoms with Crippen molar-refractivity contribution >= 4 is 29.3 Å². The molecule has 1 saturated heterocycles. The summed E-state index contributed by atoms with van der Waals surface area (Å²) < 4.78 is 5.11. The number of allylic oxidation sites excluding steroid dienone is 2. The number of hydrogen-bond donors (Lipinski definition) is 0. The molecule has 3 atom stereocenters. The lowest BCUT2D eigenvalue weighted by molar-refractivity contribution is -0.129. The Morgan fingerprint density at radius 2 is 1.89 bits per heavy atom. The van der Waals surface area contributed by atoms with Crippen LogP contribution in [0.5, 0.6) is 0 Å². The van der Waals surface area contributed by atoms with Gasteiger partial charge in [0, 0.05) is 5.41 Å². The van der Waals surface area contributed by atoms with E-state index in [1.807, 2.05) is 19.1 Å². The van der Waals surface area contributed by atoms with Gasteiger partial charge in [0.2, 0.25) is 11.8 Å². The Hall–Kier alpha value is -2.76. The molecule has 1 aliphatic carbocycles. The maximum atomic E-state index is 12.9. The first-order valence-corrected chi connectivity index (χ1v) is 9.46. The summed E-state index contributed by atoms with van der Waals surface area (Å²) in [6.45, 7) is 6.88. The second kappa shape index (κ2) is 7.34. The third-order valence-corrected chi connectivity index (χ3v) is 5.38. The molecule has 6 heteroatoms. The largest absolute Gasteiger partial charge is 0.454 e. The van der Waals surface area contributed by atoms with Crippen molar-refractivity contribution in [1.82, 2.24) is 0 Å². The van der Waals surface area contributed by atoms with E-state index in [0.717, 1.165) is 0 Å².